The molecule has 1 aliphatic rings. The third kappa shape index (κ3) is 3.63. The summed E-state index contributed by atoms with van der Waals surface area (Å²) in [7, 11) is 0. The quantitative estimate of drug-likeness (QED) is 0.873. The minimum absolute atomic E-state index is 0.0464. The highest BCUT2D eigenvalue weighted by atomic mass is 16.5. The van der Waals surface area contributed by atoms with Crippen LogP contribution in [-0.4, -0.2) is 28.2 Å². The van der Waals surface area contributed by atoms with Gasteiger partial charge < -0.3 is 15.6 Å². The molecule has 0 spiro atoms. The van der Waals surface area contributed by atoms with Gasteiger partial charge in [0.1, 0.15) is 5.76 Å². The molecule has 1 fully saturated rings. The van der Waals surface area contributed by atoms with Gasteiger partial charge >= 0.3 is 0 Å². The van der Waals surface area contributed by atoms with Crippen molar-refractivity contribution in [1.29, 1.82) is 0 Å². The lowest BCUT2D eigenvalue weighted by Crippen LogP contribution is -2.46. The molecule has 6 nitrogen and oxygen atoms in total. The summed E-state index contributed by atoms with van der Waals surface area (Å²) in [6.07, 6.45) is 6.06. The monoisotopic (exact) mass is 344 g/mol. The fourth-order valence-corrected chi connectivity index (χ4v) is 3.96. The molecular weight excluding hydrogens is 316 g/mol. The van der Waals surface area contributed by atoms with Crippen molar-refractivity contribution in [2.45, 2.75) is 58.9 Å². The molecule has 0 saturated heterocycles. The van der Waals surface area contributed by atoms with Crippen LogP contribution in [0.2, 0.25) is 0 Å². The van der Waals surface area contributed by atoms with Crippen LogP contribution in [-0.2, 0) is 0 Å². The minimum Gasteiger partial charge on any atom is -0.360 e. The van der Waals surface area contributed by atoms with Crippen molar-refractivity contribution in [3.63, 3.8) is 0 Å². The van der Waals surface area contributed by atoms with Crippen LogP contribution >= 0.6 is 0 Å². The molecule has 6 heteroatoms. The number of aromatic nitrogens is 2. The van der Waals surface area contributed by atoms with Gasteiger partial charge in [-0.2, -0.15) is 0 Å². The minimum atomic E-state index is -0.0550. The summed E-state index contributed by atoms with van der Waals surface area (Å²) in [5.74, 6) is 1.88. The van der Waals surface area contributed by atoms with Gasteiger partial charge in [-0.05, 0) is 45.6 Å². The van der Waals surface area contributed by atoms with E-state index < -0.39 is 0 Å². The molecule has 136 valence electrons. The Bertz CT molecular complexity index is 741. The number of hydrogen-bond acceptors (Lipinski definition) is 4. The van der Waals surface area contributed by atoms with E-state index in [1.807, 2.05) is 37.5 Å². The average Bonchev–Trinajstić information content (AvgIpc) is 3.16. The summed E-state index contributed by atoms with van der Waals surface area (Å²) < 4.78 is 7.12. The van der Waals surface area contributed by atoms with Crippen molar-refractivity contribution in [1.82, 2.24) is 15.0 Å². The number of carbonyl (C=O) groups excluding carboxylic acids is 1. The number of carbonyl (C=O) groups is 1. The maximum Gasteiger partial charge on any atom is 0.253 e. The fourth-order valence-electron chi connectivity index (χ4n) is 3.96. The van der Waals surface area contributed by atoms with Gasteiger partial charge in [0.2, 0.25) is 0 Å². The Hall–Kier alpha value is -2.08. The third-order valence-corrected chi connectivity index (χ3v) is 5.31. The smallest absolute Gasteiger partial charge is 0.253 e. The van der Waals surface area contributed by atoms with Crippen molar-refractivity contribution in [2.24, 2.45) is 11.7 Å². The van der Waals surface area contributed by atoms with Gasteiger partial charge in [0.05, 0.1) is 5.56 Å². The molecule has 0 aromatic carbocycles. The topological polar surface area (TPSA) is 86.1 Å². The van der Waals surface area contributed by atoms with E-state index in [4.69, 9.17) is 10.3 Å². The van der Waals surface area contributed by atoms with Crippen LogP contribution < -0.4 is 11.1 Å². The summed E-state index contributed by atoms with van der Waals surface area (Å²) in [6, 6.07) is 3.82. The highest BCUT2D eigenvalue weighted by molar-refractivity contribution is 5.96. The second-order valence-electron chi connectivity index (χ2n) is 7.13. The lowest BCUT2D eigenvalue weighted by molar-refractivity contribution is 0.0915. The van der Waals surface area contributed by atoms with Gasteiger partial charge in [0.25, 0.3) is 5.91 Å². The maximum atomic E-state index is 12.9. The number of amides is 1. The summed E-state index contributed by atoms with van der Waals surface area (Å²) >= 11 is 0. The van der Waals surface area contributed by atoms with Crippen molar-refractivity contribution in [3.8, 4) is 5.82 Å². The number of aryl methyl sites for hydroxylation is 2. The van der Waals surface area contributed by atoms with Crippen LogP contribution in [0, 0.1) is 26.7 Å². The first-order valence-corrected chi connectivity index (χ1v) is 9.14. The zero-order valence-electron chi connectivity index (χ0n) is 15.3. The highest BCUT2D eigenvalue weighted by Crippen LogP contribution is 2.27. The largest absolute Gasteiger partial charge is 0.360 e. The molecule has 0 aliphatic heterocycles. The Balaban J connectivity index is 1.80. The first-order chi connectivity index (χ1) is 12.0. The zero-order chi connectivity index (χ0) is 18.0. The van der Waals surface area contributed by atoms with Crippen LogP contribution in [0.1, 0.15) is 59.6 Å². The van der Waals surface area contributed by atoms with Gasteiger partial charge in [0.15, 0.2) is 5.82 Å². The van der Waals surface area contributed by atoms with E-state index in [2.05, 4.69) is 10.5 Å². The molecule has 1 unspecified atom stereocenters. The highest BCUT2D eigenvalue weighted by Gasteiger charge is 2.26. The number of nitrogens with two attached hydrogens (primary N) is 1. The lowest BCUT2D eigenvalue weighted by Gasteiger charge is -2.30. The number of nitrogens with zero attached hydrogens (tertiary/aromatic N) is 2. The molecule has 2 heterocycles. The second-order valence-corrected chi connectivity index (χ2v) is 7.13. The predicted octanol–water partition coefficient (Wildman–Crippen LogP) is 3.03. The molecule has 2 aromatic heterocycles. The van der Waals surface area contributed by atoms with Crippen molar-refractivity contribution >= 4 is 5.91 Å². The molecule has 1 amide bonds. The van der Waals surface area contributed by atoms with Crippen molar-refractivity contribution in [3.05, 3.63) is 34.8 Å². The standard InChI is InChI=1S/C19H28N4O2/c1-12-9-16(14(3)23(12)18-10-13(2)25-22-18)19(24)21-17(11-20)15-7-5-4-6-8-15/h9-10,15,17H,4-8,11,20H2,1-3H3,(H,21,24). The summed E-state index contributed by atoms with van der Waals surface area (Å²) in [5, 5.41) is 7.24. The zero-order valence-corrected chi connectivity index (χ0v) is 15.3. The van der Waals surface area contributed by atoms with E-state index in [1.54, 1.807) is 0 Å². The fraction of sp³-hybridized carbons (Fsp3) is 0.579. The summed E-state index contributed by atoms with van der Waals surface area (Å²) in [4.78, 5) is 12.9. The molecule has 1 saturated carbocycles. The Kier molecular flexibility index (Phi) is 5.27. The molecule has 25 heavy (non-hydrogen) atoms. The molecule has 0 radical (unpaired) electrons. The van der Waals surface area contributed by atoms with Gasteiger partial charge in [-0.15, -0.1) is 0 Å². The van der Waals surface area contributed by atoms with E-state index in [9.17, 15) is 4.79 Å². The van der Waals surface area contributed by atoms with E-state index in [0.29, 0.717) is 23.8 Å². The Morgan fingerprint density at radius 1 is 1.32 bits per heavy atom. The molecule has 1 aliphatic carbocycles. The van der Waals surface area contributed by atoms with E-state index in [1.165, 1.54) is 19.3 Å². The molecule has 2 aromatic rings. The van der Waals surface area contributed by atoms with Crippen LogP contribution in [0.3, 0.4) is 0 Å². The first kappa shape index (κ1) is 17.7. The Labute approximate surface area is 148 Å². The van der Waals surface area contributed by atoms with Gasteiger partial charge in [-0.25, -0.2) is 0 Å². The van der Waals surface area contributed by atoms with Crippen LogP contribution in [0.25, 0.3) is 5.82 Å². The second kappa shape index (κ2) is 7.44. The number of nitrogens with one attached hydrogen (secondary N) is 1. The van der Waals surface area contributed by atoms with Gasteiger partial charge in [-0.3, -0.25) is 9.36 Å². The van der Waals surface area contributed by atoms with Crippen LogP contribution in [0.15, 0.2) is 16.7 Å². The number of hydrogen-bond donors (Lipinski definition) is 2. The molecular formula is C19H28N4O2. The predicted molar refractivity (Wildman–Crippen MR) is 96.9 cm³/mol. The molecule has 3 rings (SSSR count). The third-order valence-electron chi connectivity index (χ3n) is 5.31. The summed E-state index contributed by atoms with van der Waals surface area (Å²) in [5.41, 5.74) is 8.45. The molecule has 0 bridgehead atoms. The Morgan fingerprint density at radius 2 is 2.04 bits per heavy atom. The van der Waals surface area contributed by atoms with Crippen LogP contribution in [0.4, 0.5) is 0 Å². The maximum absolute atomic E-state index is 12.9. The average molecular weight is 344 g/mol. The number of rotatable bonds is 5. The lowest BCUT2D eigenvalue weighted by atomic mass is 9.84. The van der Waals surface area contributed by atoms with E-state index >= 15 is 0 Å². The van der Waals surface area contributed by atoms with Crippen LogP contribution in [0.5, 0.6) is 0 Å². The van der Waals surface area contributed by atoms with E-state index in [-0.39, 0.29) is 11.9 Å². The SMILES string of the molecule is Cc1cc(-n2c(C)cc(C(=O)NC(CN)C3CCCCC3)c2C)no1. The Morgan fingerprint density at radius 3 is 2.64 bits per heavy atom. The molecule has 1 atom stereocenters. The van der Waals surface area contributed by atoms with Gasteiger partial charge in [0, 0.05) is 30.0 Å². The normalized spacial score (nSPS) is 16.8. The molecule has 3 N–H and O–H groups in total. The van der Waals surface area contributed by atoms with Crippen molar-refractivity contribution < 1.29 is 9.32 Å². The van der Waals surface area contributed by atoms with Gasteiger partial charge in [-0.1, -0.05) is 24.4 Å². The first-order valence-electron chi connectivity index (χ1n) is 9.14. The van der Waals surface area contributed by atoms with E-state index in [0.717, 1.165) is 30.0 Å². The summed E-state index contributed by atoms with van der Waals surface area (Å²) in [6.45, 7) is 6.24. The van der Waals surface area contributed by atoms with Crippen molar-refractivity contribution in [2.75, 3.05) is 6.54 Å².